The number of carbonyl (C=O) groups is 5. The Morgan fingerprint density at radius 1 is 0.971 bits per heavy atom. The van der Waals surface area contributed by atoms with E-state index in [1.807, 2.05) is 67.7 Å². The van der Waals surface area contributed by atoms with Crippen molar-refractivity contribution in [2.75, 3.05) is 45.3 Å². The third-order valence-electron chi connectivity index (χ3n) is 14.5. The summed E-state index contributed by atoms with van der Waals surface area (Å²) in [6.45, 7) is 18.3. The molecule has 2 aromatic heterocycles. The highest BCUT2D eigenvalue weighted by atomic mass is 35.5. The third-order valence-corrected chi connectivity index (χ3v) is 15.7. The molecule has 1 N–H and O–H groups in total. The number of Topliss-reactive ketones (excluding diaryl/α,β-unsaturated/α-hetero) is 1. The topological polar surface area (TPSA) is 185 Å². The van der Waals surface area contributed by atoms with E-state index in [1.165, 1.54) is 24.9 Å². The Hall–Kier alpha value is -4.74. The van der Waals surface area contributed by atoms with Crippen molar-refractivity contribution < 1.29 is 52.4 Å². The number of carbonyl (C=O) groups excluding carboxylic acids is 5. The number of aromatic nitrogens is 2. The average Bonchev–Trinajstić information content (AvgIpc) is 3.96. The minimum Gasteiger partial charge on any atom is -0.490 e. The Bertz CT molecular complexity index is 2460. The van der Waals surface area contributed by atoms with Crippen molar-refractivity contribution in [3.8, 4) is 22.9 Å². The summed E-state index contributed by atoms with van der Waals surface area (Å²) in [5.74, 6) is -0.284. The summed E-state index contributed by atoms with van der Waals surface area (Å²) in [7, 11) is 1.34. The molecule has 0 bridgehead atoms. The lowest BCUT2D eigenvalue weighted by molar-refractivity contribution is -0.157. The smallest absolute Gasteiger partial charge is 0.410 e. The van der Waals surface area contributed by atoms with Crippen molar-refractivity contribution in [1.29, 1.82) is 0 Å². The second-order valence-electron chi connectivity index (χ2n) is 22.4. The number of pyridine rings is 1. The summed E-state index contributed by atoms with van der Waals surface area (Å²) in [4.78, 5) is 82.8. The maximum absolute atomic E-state index is 15.1. The second kappa shape index (κ2) is 20.4. The van der Waals surface area contributed by atoms with Crippen molar-refractivity contribution in [3.63, 3.8) is 0 Å². The number of benzene rings is 1. The van der Waals surface area contributed by atoms with E-state index in [0.717, 1.165) is 12.8 Å². The number of hydrogen-bond donors (Lipinski definition) is 1. The first-order chi connectivity index (χ1) is 33.1. The first-order valence-electron chi connectivity index (χ1n) is 24.9. The fraction of sp³-hybridized carbons (Fsp3) is 0.673. The maximum Gasteiger partial charge on any atom is 0.410 e. The molecule has 18 heteroatoms. The molecule has 3 saturated carbocycles. The van der Waals surface area contributed by atoms with E-state index in [0.29, 0.717) is 76.8 Å². The van der Waals surface area contributed by atoms with Crippen molar-refractivity contribution in [2.24, 2.45) is 34.5 Å². The van der Waals surface area contributed by atoms with Crippen molar-refractivity contribution >= 4 is 68.7 Å². The van der Waals surface area contributed by atoms with Crippen LogP contribution in [0.15, 0.2) is 23.6 Å². The zero-order chi connectivity index (χ0) is 50.4. The zero-order valence-electron chi connectivity index (χ0n) is 42.3. The molecular formula is C52H70ClN5O11S. The van der Waals surface area contributed by atoms with Gasteiger partial charge in [-0.15, -0.1) is 11.3 Å². The molecule has 0 spiro atoms. The molecule has 9 atom stereocenters. The summed E-state index contributed by atoms with van der Waals surface area (Å²) in [6, 6.07) is 4.05. The van der Waals surface area contributed by atoms with Gasteiger partial charge in [0.25, 0.3) is 0 Å². The minimum atomic E-state index is -0.953. The summed E-state index contributed by atoms with van der Waals surface area (Å²) in [5, 5.41) is 6.69. The Morgan fingerprint density at radius 3 is 2.37 bits per heavy atom. The number of ether oxygens (including phenoxy) is 6. The van der Waals surface area contributed by atoms with Gasteiger partial charge in [-0.25, -0.2) is 14.8 Å². The van der Waals surface area contributed by atoms with Gasteiger partial charge < -0.3 is 38.6 Å². The molecule has 1 unspecified atom stereocenters. The molecule has 70 heavy (non-hydrogen) atoms. The van der Waals surface area contributed by atoms with Gasteiger partial charge in [-0.05, 0) is 95.6 Å². The standard InChI is InChI=1S/C52H70ClN5O11S/c1-11-31-22-52(31,47(62)64-10)23-40(59)39-19-34(24-58(39)46(61)36(50(4,5)6)20-43(60)68-33-17-29-16-30(29)18-33)67-42-21-37(38-27-70-48(56-38)54-28(2)3)55-45-35(42)12-13-41(44(45)53)66-26-32-25-65-15-14-57(32)49(63)69-51(7,8)9/h12-13,21,27-34,36,39H,11,14-20,22-26H2,1-10H3,(H,54,56)/t29-,30+,31-,32+,33?,34-,36-,39+,52-/m1/s1. The third kappa shape index (κ3) is 11.5. The van der Waals surface area contributed by atoms with Crippen LogP contribution in [-0.4, -0.2) is 125 Å². The molecule has 1 aromatic carbocycles. The quantitative estimate of drug-likeness (QED) is 0.0997. The Labute approximate surface area is 420 Å². The van der Waals surface area contributed by atoms with E-state index in [-0.39, 0.29) is 73.8 Å². The highest BCUT2D eigenvalue weighted by Gasteiger charge is 2.62. The Morgan fingerprint density at radius 2 is 1.71 bits per heavy atom. The number of hydrogen-bond acceptors (Lipinski definition) is 15. The molecule has 5 aliphatic rings. The Kier molecular flexibility index (Phi) is 15.0. The molecular weight excluding hydrogens is 938 g/mol. The van der Waals surface area contributed by atoms with Crippen LogP contribution in [0, 0.1) is 34.5 Å². The lowest BCUT2D eigenvalue weighted by Gasteiger charge is -2.36. The van der Waals surface area contributed by atoms with Gasteiger partial charge in [0.05, 0.1) is 67.9 Å². The van der Waals surface area contributed by atoms with Gasteiger partial charge >= 0.3 is 18.0 Å². The first-order valence-corrected chi connectivity index (χ1v) is 26.2. The van der Waals surface area contributed by atoms with Crippen LogP contribution in [0.2, 0.25) is 5.02 Å². The Balaban J connectivity index is 1.10. The molecule has 8 rings (SSSR count). The van der Waals surface area contributed by atoms with Crippen LogP contribution >= 0.6 is 22.9 Å². The number of fused-ring (bicyclic) bond motifs is 2. The number of thiazole rings is 1. The number of amides is 2. The van der Waals surface area contributed by atoms with Crippen LogP contribution in [0.3, 0.4) is 0 Å². The van der Waals surface area contributed by atoms with Crippen molar-refractivity contribution in [2.45, 2.75) is 150 Å². The highest BCUT2D eigenvalue weighted by molar-refractivity contribution is 7.14. The predicted molar refractivity (Wildman–Crippen MR) is 265 cm³/mol. The van der Waals surface area contributed by atoms with Crippen LogP contribution < -0.4 is 14.8 Å². The largest absolute Gasteiger partial charge is 0.490 e. The van der Waals surface area contributed by atoms with Gasteiger partial charge in [-0.2, -0.15) is 0 Å². The molecule has 0 radical (unpaired) electrons. The molecule has 382 valence electrons. The molecule has 5 fully saturated rings. The number of methoxy groups -OCH3 is 1. The van der Waals surface area contributed by atoms with Crippen LogP contribution in [0.25, 0.3) is 22.3 Å². The van der Waals surface area contributed by atoms with Gasteiger partial charge in [0.15, 0.2) is 10.9 Å². The van der Waals surface area contributed by atoms with Crippen molar-refractivity contribution in [1.82, 2.24) is 19.8 Å². The van der Waals surface area contributed by atoms with E-state index in [1.54, 1.807) is 28.0 Å². The number of ketones is 1. The summed E-state index contributed by atoms with van der Waals surface area (Å²) < 4.78 is 35.9. The maximum atomic E-state index is 15.1. The number of nitrogens with one attached hydrogen (secondary N) is 1. The summed E-state index contributed by atoms with van der Waals surface area (Å²) >= 11 is 8.66. The fourth-order valence-electron chi connectivity index (χ4n) is 10.6. The number of halogens is 1. The number of nitrogens with zero attached hydrogens (tertiary/aromatic N) is 4. The average molecular weight is 1010 g/mol. The number of morpholine rings is 1. The normalized spacial score (nSPS) is 26.7. The fourth-order valence-corrected chi connectivity index (χ4v) is 11.7. The van der Waals surface area contributed by atoms with Crippen LogP contribution in [0.5, 0.6) is 11.5 Å². The van der Waals surface area contributed by atoms with Gasteiger partial charge in [0, 0.05) is 42.3 Å². The highest BCUT2D eigenvalue weighted by Crippen LogP contribution is 2.58. The number of likely N-dealkylation sites (tertiary alicyclic amines) is 1. The molecule has 2 saturated heterocycles. The SMILES string of the molecule is CC[C@@H]1C[C@]1(CC(=O)[C@@H]1C[C@@H](Oc2cc(-c3csc(NC(C)C)n3)nc3c(Cl)c(OC[C@@H]4COCCN4C(=O)OC(C)(C)C)ccc23)CN1C(=O)[C@@H](CC(=O)OC1C[C@@H]2C[C@@H]2C1)C(C)(C)C)C(=O)OC. The second-order valence-corrected chi connectivity index (χ2v) is 23.6. The number of anilines is 1. The monoisotopic (exact) mass is 1010 g/mol. The van der Waals surface area contributed by atoms with Gasteiger partial charge in [0.2, 0.25) is 5.91 Å². The van der Waals surface area contributed by atoms with E-state index < -0.39 is 58.6 Å². The molecule has 2 amide bonds. The summed E-state index contributed by atoms with van der Waals surface area (Å²) in [6.07, 6.45) is 2.79. The van der Waals surface area contributed by atoms with Crippen LogP contribution in [-0.2, 0) is 38.1 Å². The van der Waals surface area contributed by atoms with Gasteiger partial charge in [-0.3, -0.25) is 24.1 Å². The van der Waals surface area contributed by atoms with E-state index in [4.69, 9.17) is 50.0 Å². The molecule has 3 aromatic rings. The van der Waals surface area contributed by atoms with Crippen LogP contribution in [0.1, 0.15) is 114 Å². The molecule has 4 heterocycles. The minimum absolute atomic E-state index is 0.0117. The number of esters is 2. The van der Waals surface area contributed by atoms with Gasteiger partial charge in [0.1, 0.15) is 46.6 Å². The van der Waals surface area contributed by atoms with Gasteiger partial charge in [-0.1, -0.05) is 45.7 Å². The molecule has 3 aliphatic carbocycles. The first kappa shape index (κ1) is 51.6. The predicted octanol–water partition coefficient (Wildman–Crippen LogP) is 9.14. The summed E-state index contributed by atoms with van der Waals surface area (Å²) in [5.41, 5.74) is -0.896. The van der Waals surface area contributed by atoms with E-state index >= 15 is 4.79 Å². The van der Waals surface area contributed by atoms with E-state index in [9.17, 15) is 19.2 Å². The van der Waals surface area contributed by atoms with Crippen LogP contribution in [0.4, 0.5) is 9.93 Å². The van der Waals surface area contributed by atoms with E-state index in [2.05, 4.69) is 5.32 Å². The zero-order valence-corrected chi connectivity index (χ0v) is 43.8. The van der Waals surface area contributed by atoms with Crippen molar-refractivity contribution in [3.05, 3.63) is 28.6 Å². The molecule has 2 aliphatic heterocycles. The number of rotatable bonds is 17. The lowest BCUT2D eigenvalue weighted by atomic mass is 9.77. The lowest BCUT2D eigenvalue weighted by Crippen LogP contribution is -2.52. The molecule has 16 nitrogen and oxygen atoms in total.